The molecule has 0 fully saturated rings. The van der Waals surface area contributed by atoms with Gasteiger partial charge in [-0.2, -0.15) is 0 Å². The number of nitrogens with two attached hydrogens (primary N) is 1. The summed E-state index contributed by atoms with van der Waals surface area (Å²) in [5.41, 5.74) is 8.15. The lowest BCUT2D eigenvalue weighted by atomic mass is 9.99. The maximum atomic E-state index is 6.25. The van der Waals surface area contributed by atoms with Crippen LogP contribution in [0.3, 0.4) is 0 Å². The van der Waals surface area contributed by atoms with Gasteiger partial charge in [0, 0.05) is 17.1 Å². The van der Waals surface area contributed by atoms with Crippen molar-refractivity contribution in [3.63, 3.8) is 0 Å². The van der Waals surface area contributed by atoms with Gasteiger partial charge in [0.2, 0.25) is 0 Å². The topological polar surface area (TPSA) is 44.5 Å². The van der Waals surface area contributed by atoms with E-state index in [1.54, 1.807) is 26.4 Å². The fourth-order valence-electron chi connectivity index (χ4n) is 2.11. The maximum Gasteiger partial charge on any atom is 0.138 e. The van der Waals surface area contributed by atoms with Crippen LogP contribution in [0.15, 0.2) is 36.4 Å². The molecule has 0 aliphatic rings. The monoisotopic (exact) mass is 325 g/mol. The Labute approximate surface area is 134 Å². The quantitative estimate of drug-likeness (QED) is 0.893. The third kappa shape index (κ3) is 3.82. The lowest BCUT2D eigenvalue weighted by molar-refractivity contribution is 0.414. The number of rotatable bonds is 5. The average Bonchev–Trinajstić information content (AvgIpc) is 2.49. The van der Waals surface area contributed by atoms with Gasteiger partial charge in [-0.3, -0.25) is 0 Å². The summed E-state index contributed by atoms with van der Waals surface area (Å²) >= 11 is 12.4. The summed E-state index contributed by atoms with van der Waals surface area (Å²) < 4.78 is 10.3. The van der Waals surface area contributed by atoms with Crippen LogP contribution in [0.1, 0.15) is 17.2 Å². The van der Waals surface area contributed by atoms with Crippen LogP contribution in [-0.2, 0) is 6.42 Å². The minimum absolute atomic E-state index is 0.241. The molecule has 21 heavy (non-hydrogen) atoms. The van der Waals surface area contributed by atoms with E-state index in [9.17, 15) is 0 Å². The standard InChI is InChI=1S/C16H17Cl2NO2/c1-20-11-5-3-10(4-6-11)7-15(19)12-8-14(18)16(21-2)9-13(12)17/h3-6,8-9,15H,7,19H2,1-2H3. The SMILES string of the molecule is COc1ccc(CC(N)c2cc(Cl)c(OC)cc2Cl)cc1. The van der Waals surface area contributed by atoms with E-state index >= 15 is 0 Å². The first-order valence-electron chi connectivity index (χ1n) is 6.46. The number of methoxy groups -OCH3 is 2. The summed E-state index contributed by atoms with van der Waals surface area (Å²) in [4.78, 5) is 0. The molecule has 0 aromatic heterocycles. The van der Waals surface area contributed by atoms with Crippen molar-refractivity contribution in [3.05, 3.63) is 57.6 Å². The molecular formula is C16H17Cl2NO2. The van der Waals surface area contributed by atoms with Gasteiger partial charge >= 0.3 is 0 Å². The van der Waals surface area contributed by atoms with Crippen LogP contribution in [0.4, 0.5) is 0 Å². The van der Waals surface area contributed by atoms with Crippen molar-refractivity contribution in [3.8, 4) is 11.5 Å². The molecule has 0 bridgehead atoms. The van der Waals surface area contributed by atoms with Gasteiger partial charge in [0.05, 0.1) is 19.2 Å². The van der Waals surface area contributed by atoms with Crippen LogP contribution in [0.5, 0.6) is 11.5 Å². The van der Waals surface area contributed by atoms with Crippen molar-refractivity contribution in [1.29, 1.82) is 0 Å². The highest BCUT2D eigenvalue weighted by Crippen LogP contribution is 2.34. The number of ether oxygens (including phenoxy) is 2. The second-order valence-electron chi connectivity index (χ2n) is 4.67. The molecule has 2 rings (SSSR count). The Bertz CT molecular complexity index is 614. The van der Waals surface area contributed by atoms with Crippen LogP contribution in [-0.4, -0.2) is 14.2 Å². The number of halogens is 2. The summed E-state index contributed by atoms with van der Waals surface area (Å²) in [6, 6.07) is 11.0. The number of benzene rings is 2. The van der Waals surface area contributed by atoms with Crippen LogP contribution < -0.4 is 15.2 Å². The zero-order chi connectivity index (χ0) is 15.4. The summed E-state index contributed by atoms with van der Waals surface area (Å²) in [6.45, 7) is 0. The van der Waals surface area contributed by atoms with Crippen LogP contribution in [0.25, 0.3) is 0 Å². The van der Waals surface area contributed by atoms with Gasteiger partial charge in [-0.15, -0.1) is 0 Å². The molecule has 1 atom stereocenters. The molecule has 0 spiro atoms. The Morgan fingerprint density at radius 2 is 1.67 bits per heavy atom. The molecule has 112 valence electrons. The van der Waals surface area contributed by atoms with E-state index in [1.807, 2.05) is 24.3 Å². The molecule has 0 radical (unpaired) electrons. The molecule has 0 saturated carbocycles. The Morgan fingerprint density at radius 3 is 2.24 bits per heavy atom. The molecule has 2 aromatic rings. The lowest BCUT2D eigenvalue weighted by Gasteiger charge is -2.16. The molecular weight excluding hydrogens is 309 g/mol. The van der Waals surface area contributed by atoms with Crippen molar-refractivity contribution in [1.82, 2.24) is 0 Å². The highest BCUT2D eigenvalue weighted by atomic mass is 35.5. The Balaban J connectivity index is 2.19. The smallest absolute Gasteiger partial charge is 0.138 e. The fraction of sp³-hybridized carbons (Fsp3) is 0.250. The van der Waals surface area contributed by atoms with Gasteiger partial charge in [0.15, 0.2) is 0 Å². The van der Waals surface area contributed by atoms with Crippen LogP contribution in [0, 0.1) is 0 Å². The van der Waals surface area contributed by atoms with E-state index in [0.29, 0.717) is 22.2 Å². The summed E-state index contributed by atoms with van der Waals surface area (Å²) in [5, 5.41) is 1.05. The van der Waals surface area contributed by atoms with Crippen molar-refractivity contribution in [2.75, 3.05) is 14.2 Å². The molecule has 0 amide bonds. The normalized spacial score (nSPS) is 12.0. The Morgan fingerprint density at radius 1 is 1.00 bits per heavy atom. The fourth-order valence-corrected chi connectivity index (χ4v) is 2.65. The van der Waals surface area contributed by atoms with Crippen LogP contribution in [0.2, 0.25) is 10.0 Å². The lowest BCUT2D eigenvalue weighted by Crippen LogP contribution is -2.14. The minimum atomic E-state index is -0.241. The Kier molecular flexibility index (Phi) is 5.34. The molecule has 1 unspecified atom stereocenters. The molecule has 2 N–H and O–H groups in total. The van der Waals surface area contributed by atoms with Gasteiger partial charge in [-0.25, -0.2) is 0 Å². The van der Waals surface area contributed by atoms with Crippen molar-refractivity contribution in [2.45, 2.75) is 12.5 Å². The molecule has 5 heteroatoms. The summed E-state index contributed by atoms with van der Waals surface area (Å²) in [7, 11) is 3.19. The number of hydrogen-bond donors (Lipinski definition) is 1. The van der Waals surface area contributed by atoms with Crippen molar-refractivity contribution in [2.24, 2.45) is 5.73 Å². The predicted molar refractivity (Wildman–Crippen MR) is 86.6 cm³/mol. The van der Waals surface area contributed by atoms with E-state index in [-0.39, 0.29) is 6.04 Å². The second-order valence-corrected chi connectivity index (χ2v) is 5.48. The predicted octanol–water partition coefficient (Wildman–Crippen LogP) is 4.25. The van der Waals surface area contributed by atoms with E-state index in [2.05, 4.69) is 0 Å². The van der Waals surface area contributed by atoms with Crippen molar-refractivity contribution < 1.29 is 9.47 Å². The maximum absolute atomic E-state index is 6.25. The molecule has 0 aliphatic heterocycles. The molecule has 2 aromatic carbocycles. The van der Waals surface area contributed by atoms with Gasteiger partial charge in [0.25, 0.3) is 0 Å². The minimum Gasteiger partial charge on any atom is -0.497 e. The van der Waals surface area contributed by atoms with Crippen molar-refractivity contribution >= 4 is 23.2 Å². The third-order valence-electron chi connectivity index (χ3n) is 3.29. The van der Waals surface area contributed by atoms with E-state index in [1.165, 1.54) is 0 Å². The average molecular weight is 326 g/mol. The van der Waals surface area contributed by atoms with Gasteiger partial charge in [-0.1, -0.05) is 35.3 Å². The molecule has 0 aliphatic carbocycles. The number of hydrogen-bond acceptors (Lipinski definition) is 3. The van der Waals surface area contributed by atoms with Gasteiger partial charge in [0.1, 0.15) is 11.5 Å². The molecule has 0 heterocycles. The summed E-state index contributed by atoms with van der Waals surface area (Å²) in [6.07, 6.45) is 0.659. The van der Waals surface area contributed by atoms with Crippen LogP contribution >= 0.6 is 23.2 Å². The molecule has 3 nitrogen and oxygen atoms in total. The van der Waals surface area contributed by atoms with Gasteiger partial charge < -0.3 is 15.2 Å². The highest BCUT2D eigenvalue weighted by molar-refractivity contribution is 6.34. The first kappa shape index (κ1) is 16.0. The first-order valence-corrected chi connectivity index (χ1v) is 7.22. The largest absolute Gasteiger partial charge is 0.497 e. The first-order chi connectivity index (χ1) is 10.0. The third-order valence-corrected chi connectivity index (χ3v) is 3.91. The van der Waals surface area contributed by atoms with E-state index in [0.717, 1.165) is 16.9 Å². The molecule has 0 saturated heterocycles. The highest BCUT2D eigenvalue weighted by Gasteiger charge is 2.14. The van der Waals surface area contributed by atoms with Gasteiger partial charge in [-0.05, 0) is 35.7 Å². The zero-order valence-electron chi connectivity index (χ0n) is 11.9. The Hall–Kier alpha value is -1.42. The zero-order valence-corrected chi connectivity index (χ0v) is 13.4. The second kappa shape index (κ2) is 7.03. The summed E-state index contributed by atoms with van der Waals surface area (Å²) in [5.74, 6) is 1.36. The van der Waals surface area contributed by atoms with E-state index < -0.39 is 0 Å². The van der Waals surface area contributed by atoms with E-state index in [4.69, 9.17) is 38.4 Å².